The number of ether oxygens (including phenoxy) is 1. The van der Waals surface area contributed by atoms with Crippen molar-refractivity contribution in [1.82, 2.24) is 20.0 Å². The number of nitrogens with zero attached hydrogens (tertiary/aromatic N) is 4. The van der Waals surface area contributed by atoms with E-state index in [0.29, 0.717) is 18.2 Å². The highest BCUT2D eigenvalue weighted by molar-refractivity contribution is 7.09. The Morgan fingerprint density at radius 3 is 2.95 bits per heavy atom. The van der Waals surface area contributed by atoms with Gasteiger partial charge in [-0.15, -0.1) is 16.4 Å². The number of hydrogen-bond donors (Lipinski definition) is 0. The Morgan fingerprint density at radius 1 is 1.57 bits per heavy atom. The number of thiazole rings is 1. The molecule has 0 fully saturated rings. The van der Waals surface area contributed by atoms with E-state index in [-0.39, 0.29) is 12.3 Å². The van der Waals surface area contributed by atoms with Crippen LogP contribution < -0.4 is 0 Å². The number of carbonyl (C=O) groups excluding carboxylic acids is 1. The maximum absolute atomic E-state index is 11.8. The molecule has 0 saturated heterocycles. The molecule has 0 aromatic carbocycles. The minimum absolute atomic E-state index is 0.162. The summed E-state index contributed by atoms with van der Waals surface area (Å²) in [7, 11) is 0. The molecule has 0 bridgehead atoms. The molecular formula is C14H18N4O2S. The molecule has 0 aliphatic rings. The van der Waals surface area contributed by atoms with Crippen LogP contribution in [0.1, 0.15) is 46.6 Å². The molecule has 0 radical (unpaired) electrons. The van der Waals surface area contributed by atoms with Crippen molar-refractivity contribution in [2.24, 2.45) is 0 Å². The molecule has 6 nitrogen and oxygen atoms in total. The van der Waals surface area contributed by atoms with E-state index in [1.165, 1.54) is 6.08 Å². The second-order valence-electron chi connectivity index (χ2n) is 4.90. The highest BCUT2D eigenvalue weighted by atomic mass is 32.1. The summed E-state index contributed by atoms with van der Waals surface area (Å²) in [6, 6.07) is 0. The van der Waals surface area contributed by atoms with Gasteiger partial charge in [0.15, 0.2) is 5.69 Å². The highest BCUT2D eigenvalue weighted by Gasteiger charge is 2.18. The number of hydrogen-bond acceptors (Lipinski definition) is 6. The van der Waals surface area contributed by atoms with Gasteiger partial charge in [0, 0.05) is 11.3 Å². The van der Waals surface area contributed by atoms with Crippen molar-refractivity contribution in [3.05, 3.63) is 40.1 Å². The van der Waals surface area contributed by atoms with E-state index in [4.69, 9.17) is 4.74 Å². The lowest BCUT2D eigenvalue weighted by molar-refractivity contribution is 0.0542. The lowest BCUT2D eigenvalue weighted by atomic mass is 10.2. The van der Waals surface area contributed by atoms with E-state index in [9.17, 15) is 4.79 Å². The first-order chi connectivity index (χ1) is 10.0. The Balaban J connectivity index is 2.12. The second-order valence-corrected chi connectivity index (χ2v) is 5.79. The zero-order valence-electron chi connectivity index (χ0n) is 12.4. The van der Waals surface area contributed by atoms with Gasteiger partial charge in [-0.1, -0.05) is 31.7 Å². The fourth-order valence-electron chi connectivity index (χ4n) is 1.72. The molecule has 2 aromatic rings. The van der Waals surface area contributed by atoms with Crippen molar-refractivity contribution in [2.45, 2.75) is 33.2 Å². The average molecular weight is 306 g/mol. The predicted molar refractivity (Wildman–Crippen MR) is 80.5 cm³/mol. The van der Waals surface area contributed by atoms with E-state index in [2.05, 4.69) is 35.7 Å². The zero-order valence-corrected chi connectivity index (χ0v) is 13.2. The van der Waals surface area contributed by atoms with E-state index in [1.807, 2.05) is 5.38 Å². The smallest absolute Gasteiger partial charge is 0.361 e. The van der Waals surface area contributed by atoms with Gasteiger partial charge in [-0.25, -0.2) is 14.5 Å². The van der Waals surface area contributed by atoms with Crippen molar-refractivity contribution in [3.63, 3.8) is 0 Å². The largest absolute Gasteiger partial charge is 0.457 e. The summed E-state index contributed by atoms with van der Waals surface area (Å²) in [4.78, 5) is 16.3. The van der Waals surface area contributed by atoms with Gasteiger partial charge in [0.05, 0.1) is 22.9 Å². The number of esters is 1. The molecular weight excluding hydrogens is 288 g/mol. The minimum Gasteiger partial charge on any atom is -0.457 e. The highest BCUT2D eigenvalue weighted by Crippen LogP contribution is 2.20. The Labute approximate surface area is 127 Å². The van der Waals surface area contributed by atoms with Crippen molar-refractivity contribution < 1.29 is 9.53 Å². The molecule has 0 spiro atoms. The summed E-state index contributed by atoms with van der Waals surface area (Å²) in [6.07, 6.45) is 1.51. The van der Waals surface area contributed by atoms with Gasteiger partial charge in [0.25, 0.3) is 0 Å². The van der Waals surface area contributed by atoms with Crippen LogP contribution in [0.5, 0.6) is 0 Å². The van der Waals surface area contributed by atoms with Crippen LogP contribution in [0, 0.1) is 6.92 Å². The number of rotatable bonds is 6. The van der Waals surface area contributed by atoms with Crippen LogP contribution in [0.2, 0.25) is 0 Å². The van der Waals surface area contributed by atoms with Crippen molar-refractivity contribution in [1.29, 1.82) is 0 Å². The van der Waals surface area contributed by atoms with Crippen molar-refractivity contribution in [2.75, 3.05) is 6.61 Å². The zero-order chi connectivity index (χ0) is 15.4. The van der Waals surface area contributed by atoms with Crippen LogP contribution in [-0.2, 0) is 11.3 Å². The third kappa shape index (κ3) is 3.55. The first-order valence-electron chi connectivity index (χ1n) is 6.65. The van der Waals surface area contributed by atoms with E-state index in [0.717, 1.165) is 10.7 Å². The number of aromatic nitrogens is 4. The predicted octanol–water partition coefficient (Wildman–Crippen LogP) is 2.56. The SMILES string of the molecule is C=CCOC(=O)c1nnn(Cc2csc(C(C)C)n2)c1C. The summed E-state index contributed by atoms with van der Waals surface area (Å²) >= 11 is 1.63. The van der Waals surface area contributed by atoms with Gasteiger partial charge in [0.1, 0.15) is 6.61 Å². The molecule has 7 heteroatoms. The van der Waals surface area contributed by atoms with Crippen LogP contribution in [0.15, 0.2) is 18.0 Å². The van der Waals surface area contributed by atoms with E-state index >= 15 is 0 Å². The van der Waals surface area contributed by atoms with Crippen molar-refractivity contribution >= 4 is 17.3 Å². The second kappa shape index (κ2) is 6.62. The van der Waals surface area contributed by atoms with Gasteiger partial charge in [0.2, 0.25) is 0 Å². The van der Waals surface area contributed by atoms with Crippen LogP contribution in [-0.4, -0.2) is 32.6 Å². The first kappa shape index (κ1) is 15.4. The molecule has 0 N–H and O–H groups in total. The monoisotopic (exact) mass is 306 g/mol. The third-order valence-electron chi connectivity index (χ3n) is 2.88. The Bertz CT molecular complexity index is 645. The Hall–Kier alpha value is -2.02. The first-order valence-corrected chi connectivity index (χ1v) is 7.53. The molecule has 0 unspecified atom stereocenters. The number of carbonyl (C=O) groups is 1. The molecule has 0 aliphatic carbocycles. The van der Waals surface area contributed by atoms with Gasteiger partial charge in [-0.2, -0.15) is 0 Å². The van der Waals surface area contributed by atoms with Crippen LogP contribution >= 0.6 is 11.3 Å². The normalized spacial score (nSPS) is 10.9. The Kier molecular flexibility index (Phi) is 4.85. The van der Waals surface area contributed by atoms with Gasteiger partial charge < -0.3 is 4.74 Å². The average Bonchev–Trinajstić information content (AvgIpc) is 3.05. The van der Waals surface area contributed by atoms with Gasteiger partial charge >= 0.3 is 5.97 Å². The van der Waals surface area contributed by atoms with E-state index in [1.54, 1.807) is 22.9 Å². The van der Waals surface area contributed by atoms with Gasteiger partial charge in [-0.3, -0.25) is 0 Å². The molecule has 0 amide bonds. The van der Waals surface area contributed by atoms with Crippen LogP contribution in [0.3, 0.4) is 0 Å². The lowest BCUT2D eigenvalue weighted by Crippen LogP contribution is -2.09. The van der Waals surface area contributed by atoms with Crippen LogP contribution in [0.25, 0.3) is 0 Å². The summed E-state index contributed by atoms with van der Waals surface area (Å²) in [5.74, 6) is -0.0789. The summed E-state index contributed by atoms with van der Waals surface area (Å²) in [5.41, 5.74) is 1.82. The van der Waals surface area contributed by atoms with Gasteiger partial charge in [-0.05, 0) is 6.92 Å². The Morgan fingerprint density at radius 2 is 2.33 bits per heavy atom. The maximum Gasteiger partial charge on any atom is 0.361 e. The fourth-order valence-corrected chi connectivity index (χ4v) is 2.54. The molecule has 0 atom stereocenters. The maximum atomic E-state index is 11.8. The quantitative estimate of drug-likeness (QED) is 0.606. The molecule has 2 aromatic heterocycles. The standard InChI is InChI=1S/C14H18N4O2S/c1-5-6-20-14(19)12-10(4)18(17-16-12)7-11-8-21-13(15-11)9(2)3/h5,8-9H,1,6-7H2,2-4H3. The summed E-state index contributed by atoms with van der Waals surface area (Å²) in [5, 5.41) is 11.0. The molecule has 112 valence electrons. The summed E-state index contributed by atoms with van der Waals surface area (Å²) in [6.45, 7) is 10.2. The van der Waals surface area contributed by atoms with Crippen LogP contribution in [0.4, 0.5) is 0 Å². The van der Waals surface area contributed by atoms with E-state index < -0.39 is 5.97 Å². The molecule has 21 heavy (non-hydrogen) atoms. The topological polar surface area (TPSA) is 69.9 Å². The van der Waals surface area contributed by atoms with Crippen molar-refractivity contribution in [3.8, 4) is 0 Å². The summed E-state index contributed by atoms with van der Waals surface area (Å²) < 4.78 is 6.63. The third-order valence-corrected chi connectivity index (χ3v) is 4.08. The molecule has 2 rings (SSSR count). The molecule has 0 saturated carbocycles. The fraction of sp³-hybridized carbons (Fsp3) is 0.429. The minimum atomic E-state index is -0.486. The lowest BCUT2D eigenvalue weighted by Gasteiger charge is -2.02. The molecule has 2 heterocycles. The molecule has 0 aliphatic heterocycles.